The molecular weight excluding hydrogens is 344 g/mol. The molecule has 3 N–H and O–H groups in total. The first-order valence-electron chi connectivity index (χ1n) is 4.35. The van der Waals surface area contributed by atoms with E-state index < -0.39 is 12.0 Å². The number of rotatable bonds is 3. The van der Waals surface area contributed by atoms with Crippen molar-refractivity contribution in [2.24, 2.45) is 5.73 Å². The Morgan fingerprint density at radius 1 is 1.62 bits per heavy atom. The van der Waals surface area contributed by atoms with Crippen molar-refractivity contribution in [2.45, 2.75) is 12.5 Å². The minimum absolute atomic E-state index is 0. The molecule has 0 spiro atoms. The fourth-order valence-corrected chi connectivity index (χ4v) is 1.75. The molecule has 1 unspecified atom stereocenters. The van der Waals surface area contributed by atoms with Crippen LogP contribution >= 0.6 is 35.0 Å². The first kappa shape index (κ1) is 15.5. The summed E-state index contributed by atoms with van der Waals surface area (Å²) in [6.45, 7) is 0. The summed E-state index contributed by atoms with van der Waals surface area (Å²) in [5.74, 6) is -0.205. The summed E-state index contributed by atoms with van der Waals surface area (Å²) in [5, 5.41) is 9.30. The van der Waals surface area contributed by atoms with Crippen LogP contribution in [0.3, 0.4) is 0 Å². The molecule has 0 aliphatic rings. The second-order valence-electron chi connectivity index (χ2n) is 3.12. The van der Waals surface area contributed by atoms with E-state index in [1.165, 1.54) is 7.11 Å². The molecule has 0 saturated carbocycles. The fourth-order valence-electron chi connectivity index (χ4n) is 1.17. The normalized spacial score (nSPS) is 11.4. The van der Waals surface area contributed by atoms with Crippen LogP contribution in [-0.4, -0.2) is 24.2 Å². The number of phenolic OH excluding ortho intramolecular Hbond substituents is 1. The molecule has 1 rings (SSSR count). The highest BCUT2D eigenvalue weighted by Gasteiger charge is 2.14. The van der Waals surface area contributed by atoms with Crippen LogP contribution in [0.2, 0.25) is 0 Å². The van der Waals surface area contributed by atoms with Gasteiger partial charge in [0.15, 0.2) is 0 Å². The van der Waals surface area contributed by atoms with E-state index in [0.29, 0.717) is 6.42 Å². The maximum Gasteiger partial charge on any atom is 0.322 e. The van der Waals surface area contributed by atoms with E-state index in [4.69, 9.17) is 5.73 Å². The second kappa shape index (κ2) is 6.93. The maximum atomic E-state index is 11.1. The molecule has 0 aliphatic heterocycles. The molecule has 1 aromatic carbocycles. The van der Waals surface area contributed by atoms with Gasteiger partial charge in [-0.3, -0.25) is 4.79 Å². The summed E-state index contributed by atoms with van der Waals surface area (Å²) in [4.78, 5) is 11.1. The third-order valence-corrected chi connectivity index (χ3v) is 2.84. The Morgan fingerprint density at radius 2 is 2.25 bits per heavy atom. The van der Waals surface area contributed by atoms with Crippen LogP contribution < -0.4 is 5.73 Å². The molecule has 4 nitrogen and oxygen atoms in total. The monoisotopic (exact) mass is 357 g/mol. The van der Waals surface area contributed by atoms with E-state index in [9.17, 15) is 9.90 Å². The Bertz CT molecular complexity index is 373. The Labute approximate surface area is 114 Å². The predicted octanol–water partition coefficient (Wildman–Crippen LogP) is 1.46. The topological polar surface area (TPSA) is 72.5 Å². The van der Waals surface area contributed by atoms with Crippen molar-refractivity contribution in [1.82, 2.24) is 0 Å². The largest absolute Gasteiger partial charge is 0.507 e. The zero-order chi connectivity index (χ0) is 11.4. The van der Waals surface area contributed by atoms with E-state index in [2.05, 4.69) is 4.74 Å². The molecular formula is C10H13ClINO3. The highest BCUT2D eigenvalue weighted by atomic mass is 127. The zero-order valence-corrected chi connectivity index (χ0v) is 11.6. The standard InChI is InChI=1S/C10H12INO3.ClH/c1-15-10(14)8(12)5-6-2-3-9(13)7(11)4-6;/h2-4,8,13H,5,12H2,1H3;1H. The smallest absolute Gasteiger partial charge is 0.322 e. The first-order valence-corrected chi connectivity index (χ1v) is 5.43. The number of carbonyl (C=O) groups is 1. The van der Waals surface area contributed by atoms with E-state index in [-0.39, 0.29) is 18.2 Å². The van der Waals surface area contributed by atoms with Crippen LogP contribution in [0.4, 0.5) is 0 Å². The van der Waals surface area contributed by atoms with Crippen LogP contribution in [0.1, 0.15) is 5.56 Å². The Morgan fingerprint density at radius 3 is 2.75 bits per heavy atom. The predicted molar refractivity (Wildman–Crippen MR) is 71.8 cm³/mol. The van der Waals surface area contributed by atoms with Crippen molar-refractivity contribution in [1.29, 1.82) is 0 Å². The highest BCUT2D eigenvalue weighted by molar-refractivity contribution is 14.1. The fraction of sp³-hybridized carbons (Fsp3) is 0.300. The molecule has 0 amide bonds. The Balaban J connectivity index is 0.00000225. The number of carbonyl (C=O) groups excluding carboxylic acids is 1. The molecule has 1 aromatic rings. The third-order valence-electron chi connectivity index (χ3n) is 1.97. The first-order chi connectivity index (χ1) is 7.04. The number of aromatic hydroxyl groups is 1. The van der Waals surface area contributed by atoms with Gasteiger partial charge in [0, 0.05) is 0 Å². The SMILES string of the molecule is COC(=O)C(N)Cc1ccc(O)c(I)c1.Cl. The van der Waals surface area contributed by atoms with E-state index in [1.807, 2.05) is 22.6 Å². The summed E-state index contributed by atoms with van der Waals surface area (Å²) in [6.07, 6.45) is 0.406. The molecule has 16 heavy (non-hydrogen) atoms. The number of hydrogen-bond donors (Lipinski definition) is 2. The molecule has 0 saturated heterocycles. The van der Waals surface area contributed by atoms with Gasteiger partial charge in [0.25, 0.3) is 0 Å². The number of halogens is 2. The van der Waals surface area contributed by atoms with E-state index in [0.717, 1.165) is 9.13 Å². The van der Waals surface area contributed by atoms with Crippen LogP contribution in [0.25, 0.3) is 0 Å². The molecule has 1 atom stereocenters. The van der Waals surface area contributed by atoms with Crippen molar-refractivity contribution in [3.05, 3.63) is 27.3 Å². The lowest BCUT2D eigenvalue weighted by atomic mass is 10.1. The van der Waals surface area contributed by atoms with Gasteiger partial charge in [-0.15, -0.1) is 12.4 Å². The zero-order valence-electron chi connectivity index (χ0n) is 8.64. The van der Waals surface area contributed by atoms with Crippen LogP contribution in [0.15, 0.2) is 18.2 Å². The van der Waals surface area contributed by atoms with Gasteiger partial charge < -0.3 is 15.6 Å². The number of esters is 1. The van der Waals surface area contributed by atoms with Gasteiger partial charge in [-0.1, -0.05) is 6.07 Å². The summed E-state index contributed by atoms with van der Waals surface area (Å²) in [5.41, 5.74) is 6.51. The van der Waals surface area contributed by atoms with Crippen molar-refractivity contribution < 1.29 is 14.6 Å². The molecule has 0 aliphatic carbocycles. The Kier molecular flexibility index (Phi) is 6.70. The maximum absolute atomic E-state index is 11.1. The summed E-state index contributed by atoms with van der Waals surface area (Å²) in [6, 6.07) is 4.45. The molecule has 0 fully saturated rings. The van der Waals surface area contributed by atoms with Crippen LogP contribution in [0.5, 0.6) is 5.75 Å². The van der Waals surface area contributed by atoms with Crippen molar-refractivity contribution in [3.8, 4) is 5.75 Å². The van der Waals surface area contributed by atoms with Gasteiger partial charge >= 0.3 is 5.97 Å². The van der Waals surface area contributed by atoms with Crippen LogP contribution in [-0.2, 0) is 16.0 Å². The van der Waals surface area contributed by atoms with Crippen molar-refractivity contribution >= 4 is 41.0 Å². The quantitative estimate of drug-likeness (QED) is 0.635. The number of ether oxygens (including phenoxy) is 1. The van der Waals surface area contributed by atoms with Gasteiger partial charge in [0.2, 0.25) is 0 Å². The number of methoxy groups -OCH3 is 1. The summed E-state index contributed by atoms with van der Waals surface area (Å²) >= 11 is 2.02. The average Bonchev–Trinajstić information content (AvgIpc) is 2.22. The molecule has 6 heteroatoms. The third kappa shape index (κ3) is 4.15. The number of phenols is 1. The molecule has 0 heterocycles. The Hall–Kier alpha value is -0.530. The number of benzene rings is 1. The number of nitrogens with two attached hydrogens (primary N) is 1. The van der Waals surface area contributed by atoms with Gasteiger partial charge in [0.05, 0.1) is 10.7 Å². The molecule has 90 valence electrons. The minimum Gasteiger partial charge on any atom is -0.507 e. The van der Waals surface area contributed by atoms with Gasteiger partial charge in [0.1, 0.15) is 11.8 Å². The van der Waals surface area contributed by atoms with E-state index >= 15 is 0 Å². The van der Waals surface area contributed by atoms with Gasteiger partial charge in [-0.2, -0.15) is 0 Å². The number of hydrogen-bond acceptors (Lipinski definition) is 4. The lowest BCUT2D eigenvalue weighted by Crippen LogP contribution is -2.33. The van der Waals surface area contributed by atoms with Gasteiger partial charge in [-0.05, 0) is 46.7 Å². The lowest BCUT2D eigenvalue weighted by Gasteiger charge is -2.09. The molecule has 0 radical (unpaired) electrons. The molecule has 0 aromatic heterocycles. The summed E-state index contributed by atoms with van der Waals surface area (Å²) < 4.78 is 5.26. The van der Waals surface area contributed by atoms with Gasteiger partial charge in [-0.25, -0.2) is 0 Å². The highest BCUT2D eigenvalue weighted by Crippen LogP contribution is 2.20. The van der Waals surface area contributed by atoms with E-state index in [1.54, 1.807) is 18.2 Å². The van der Waals surface area contributed by atoms with Crippen molar-refractivity contribution in [2.75, 3.05) is 7.11 Å². The second-order valence-corrected chi connectivity index (χ2v) is 4.28. The minimum atomic E-state index is -0.657. The molecule has 0 bridgehead atoms. The van der Waals surface area contributed by atoms with Crippen molar-refractivity contribution in [3.63, 3.8) is 0 Å². The van der Waals surface area contributed by atoms with Crippen LogP contribution in [0, 0.1) is 3.57 Å². The lowest BCUT2D eigenvalue weighted by molar-refractivity contribution is -0.142. The summed E-state index contributed by atoms with van der Waals surface area (Å²) in [7, 11) is 1.31. The average molecular weight is 358 g/mol.